The smallest absolute Gasteiger partial charge is 0.274 e. The summed E-state index contributed by atoms with van der Waals surface area (Å²) >= 11 is 3.34. The van der Waals surface area contributed by atoms with Gasteiger partial charge in [-0.05, 0) is 34.8 Å². The molecule has 0 N–H and O–H groups in total. The quantitative estimate of drug-likeness (QED) is 0.768. The lowest BCUT2D eigenvalue weighted by molar-refractivity contribution is 0.0736. The van der Waals surface area contributed by atoms with Crippen molar-refractivity contribution in [3.63, 3.8) is 0 Å². The van der Waals surface area contributed by atoms with Gasteiger partial charge in [-0.1, -0.05) is 0 Å². The van der Waals surface area contributed by atoms with E-state index in [9.17, 15) is 9.59 Å². The molecule has 0 radical (unpaired) electrons. The number of nitrogens with zero attached hydrogens (tertiary/aromatic N) is 5. The molecule has 0 spiro atoms. The highest BCUT2D eigenvalue weighted by atomic mass is 79.9. The summed E-state index contributed by atoms with van der Waals surface area (Å²) in [6.45, 7) is 2.44. The summed E-state index contributed by atoms with van der Waals surface area (Å²) in [5.41, 5.74) is 2.82. The van der Waals surface area contributed by atoms with Crippen molar-refractivity contribution in [2.24, 2.45) is 7.05 Å². The topological polar surface area (TPSA) is 71.3 Å². The summed E-state index contributed by atoms with van der Waals surface area (Å²) in [5, 5.41) is 4.43. The van der Waals surface area contributed by atoms with Gasteiger partial charge in [0.05, 0.1) is 24.3 Å². The summed E-state index contributed by atoms with van der Waals surface area (Å²) < 4.78 is 2.49. The molecule has 1 fully saturated rings. The molecule has 2 aliphatic rings. The first-order valence-electron chi connectivity index (χ1n) is 8.28. The van der Waals surface area contributed by atoms with Crippen molar-refractivity contribution < 1.29 is 9.59 Å². The number of halogens is 1. The fourth-order valence-electron chi connectivity index (χ4n) is 3.49. The molecule has 0 aromatic carbocycles. The van der Waals surface area contributed by atoms with Gasteiger partial charge in [0.1, 0.15) is 0 Å². The van der Waals surface area contributed by atoms with Crippen LogP contribution in [0.5, 0.6) is 0 Å². The molecule has 130 valence electrons. The zero-order chi connectivity index (χ0) is 17.6. The minimum atomic E-state index is -0.0930. The maximum absolute atomic E-state index is 12.8. The van der Waals surface area contributed by atoms with Crippen molar-refractivity contribution >= 4 is 27.7 Å². The summed E-state index contributed by atoms with van der Waals surface area (Å²) in [6, 6.07) is 1.76. The summed E-state index contributed by atoms with van der Waals surface area (Å²) in [7, 11) is 1.83. The predicted molar refractivity (Wildman–Crippen MR) is 93.9 cm³/mol. The van der Waals surface area contributed by atoms with Gasteiger partial charge in [0.2, 0.25) is 0 Å². The highest BCUT2D eigenvalue weighted by Gasteiger charge is 2.34. The number of rotatable bonds is 2. The van der Waals surface area contributed by atoms with E-state index in [1.807, 2.05) is 11.9 Å². The van der Waals surface area contributed by atoms with Gasteiger partial charge >= 0.3 is 0 Å². The zero-order valence-electron chi connectivity index (χ0n) is 13.9. The van der Waals surface area contributed by atoms with Crippen molar-refractivity contribution in [1.82, 2.24) is 24.6 Å². The Hall–Kier alpha value is -2.22. The number of carbonyl (C=O) groups excluding carboxylic acids is 2. The van der Waals surface area contributed by atoms with Gasteiger partial charge in [0, 0.05) is 42.6 Å². The number of carbonyl (C=O) groups is 2. The van der Waals surface area contributed by atoms with Crippen LogP contribution in [0.15, 0.2) is 22.9 Å². The van der Waals surface area contributed by atoms with Gasteiger partial charge in [-0.2, -0.15) is 5.10 Å². The van der Waals surface area contributed by atoms with E-state index in [4.69, 9.17) is 0 Å². The van der Waals surface area contributed by atoms with Gasteiger partial charge in [-0.3, -0.25) is 19.3 Å². The van der Waals surface area contributed by atoms with E-state index in [1.165, 1.54) is 0 Å². The summed E-state index contributed by atoms with van der Waals surface area (Å²) in [6.07, 6.45) is 5.29. The number of hydrogen-bond acceptors (Lipinski definition) is 4. The monoisotopic (exact) mass is 403 g/mol. The molecular weight excluding hydrogens is 386 g/mol. The van der Waals surface area contributed by atoms with E-state index >= 15 is 0 Å². The Kier molecular flexibility index (Phi) is 4.07. The van der Waals surface area contributed by atoms with Crippen LogP contribution in [0, 0.1) is 0 Å². The van der Waals surface area contributed by atoms with Crippen molar-refractivity contribution in [1.29, 1.82) is 0 Å². The van der Waals surface area contributed by atoms with Crippen molar-refractivity contribution in [3.05, 3.63) is 45.4 Å². The van der Waals surface area contributed by atoms with E-state index < -0.39 is 0 Å². The normalized spacial score (nSPS) is 16.4. The van der Waals surface area contributed by atoms with E-state index in [-0.39, 0.29) is 11.8 Å². The molecule has 2 aromatic rings. The average Bonchev–Trinajstić information content (AvgIpc) is 3.32. The Labute approximate surface area is 153 Å². The largest absolute Gasteiger partial charge is 0.337 e. The fourth-order valence-corrected chi connectivity index (χ4v) is 3.86. The third-order valence-corrected chi connectivity index (χ3v) is 5.23. The van der Waals surface area contributed by atoms with Crippen LogP contribution in [0.25, 0.3) is 0 Å². The van der Waals surface area contributed by atoms with Crippen LogP contribution in [0.4, 0.5) is 0 Å². The van der Waals surface area contributed by atoms with Crippen LogP contribution in [-0.4, -0.2) is 49.5 Å². The molecule has 4 rings (SSSR count). The van der Waals surface area contributed by atoms with Gasteiger partial charge in [0.15, 0.2) is 5.69 Å². The molecule has 25 heavy (non-hydrogen) atoms. The molecule has 0 saturated carbocycles. The standard InChI is InChI=1S/C17H18BrN5O2/c1-21-14-10-23(16(24)11-6-12(18)8-19-7-11)9-13(14)15(20-21)17(25)22-4-2-3-5-22/h6-8H,2-5,9-10H2,1H3. The molecule has 2 amide bonds. The van der Waals surface area contributed by atoms with Crippen molar-refractivity contribution in [2.45, 2.75) is 25.9 Å². The number of hydrogen-bond donors (Lipinski definition) is 0. The predicted octanol–water partition coefficient (Wildman–Crippen LogP) is 1.97. The van der Waals surface area contributed by atoms with Crippen molar-refractivity contribution in [3.8, 4) is 0 Å². The highest BCUT2D eigenvalue weighted by molar-refractivity contribution is 9.10. The third-order valence-electron chi connectivity index (χ3n) is 4.80. The summed E-state index contributed by atoms with van der Waals surface area (Å²) in [5.74, 6) is -0.114. The first-order valence-corrected chi connectivity index (χ1v) is 9.07. The maximum atomic E-state index is 12.8. The Morgan fingerprint density at radius 2 is 1.84 bits per heavy atom. The Balaban J connectivity index is 1.59. The Morgan fingerprint density at radius 3 is 2.56 bits per heavy atom. The molecule has 4 heterocycles. The van der Waals surface area contributed by atoms with Crippen molar-refractivity contribution in [2.75, 3.05) is 13.1 Å². The van der Waals surface area contributed by atoms with E-state index in [0.717, 1.165) is 41.7 Å². The highest BCUT2D eigenvalue weighted by Crippen LogP contribution is 2.28. The van der Waals surface area contributed by atoms with Crippen LogP contribution in [0.3, 0.4) is 0 Å². The molecule has 8 heteroatoms. The van der Waals surface area contributed by atoms with Gasteiger partial charge < -0.3 is 9.80 Å². The fraction of sp³-hybridized carbons (Fsp3) is 0.412. The molecule has 1 saturated heterocycles. The summed E-state index contributed by atoms with van der Waals surface area (Å²) in [4.78, 5) is 33.1. The lowest BCUT2D eigenvalue weighted by atomic mass is 10.2. The first kappa shape index (κ1) is 16.3. The van der Waals surface area contributed by atoms with Gasteiger partial charge in [-0.25, -0.2) is 0 Å². The second-order valence-corrected chi connectivity index (χ2v) is 7.37. The maximum Gasteiger partial charge on any atom is 0.274 e. The molecule has 0 bridgehead atoms. The Morgan fingerprint density at radius 1 is 1.08 bits per heavy atom. The molecule has 7 nitrogen and oxygen atoms in total. The molecule has 0 unspecified atom stereocenters. The number of amides is 2. The minimum absolute atomic E-state index is 0.0206. The average molecular weight is 404 g/mol. The van der Waals surface area contributed by atoms with Gasteiger partial charge in [-0.15, -0.1) is 0 Å². The Bertz CT molecular complexity index is 857. The minimum Gasteiger partial charge on any atom is -0.337 e. The third kappa shape index (κ3) is 2.84. The van der Waals surface area contributed by atoms with Crippen LogP contribution < -0.4 is 0 Å². The van der Waals surface area contributed by atoms with Crippen LogP contribution in [-0.2, 0) is 20.1 Å². The van der Waals surface area contributed by atoms with Crippen LogP contribution in [0.2, 0.25) is 0 Å². The molecule has 2 aliphatic heterocycles. The zero-order valence-corrected chi connectivity index (χ0v) is 15.5. The first-order chi connectivity index (χ1) is 12.0. The van der Waals surface area contributed by atoms with Crippen LogP contribution in [0.1, 0.15) is 44.9 Å². The second kappa shape index (κ2) is 6.25. The number of likely N-dealkylation sites (tertiary alicyclic amines) is 1. The van der Waals surface area contributed by atoms with Crippen LogP contribution >= 0.6 is 15.9 Å². The number of fused-ring (bicyclic) bond motifs is 1. The van der Waals surface area contributed by atoms with E-state index in [0.29, 0.717) is 24.3 Å². The lowest BCUT2D eigenvalue weighted by Gasteiger charge is -2.17. The number of pyridine rings is 1. The SMILES string of the molecule is Cn1nc(C(=O)N2CCCC2)c2c1CN(C(=O)c1cncc(Br)c1)C2. The number of aromatic nitrogens is 3. The molecule has 0 aliphatic carbocycles. The number of aryl methyl sites for hydroxylation is 1. The second-order valence-electron chi connectivity index (χ2n) is 6.45. The van der Waals surface area contributed by atoms with E-state index in [1.54, 1.807) is 28.0 Å². The molecular formula is C17H18BrN5O2. The molecule has 0 atom stereocenters. The lowest BCUT2D eigenvalue weighted by Crippen LogP contribution is -2.30. The molecule has 2 aromatic heterocycles. The van der Waals surface area contributed by atoms with E-state index in [2.05, 4.69) is 26.0 Å². The van der Waals surface area contributed by atoms with Gasteiger partial charge in [0.25, 0.3) is 11.8 Å².